The van der Waals surface area contributed by atoms with Crippen molar-refractivity contribution in [2.24, 2.45) is 5.92 Å². The second-order valence-electron chi connectivity index (χ2n) is 11.7. The van der Waals surface area contributed by atoms with Crippen LogP contribution in [0, 0.1) is 5.92 Å². The number of carbonyl (C=O) groups excluding carboxylic acids is 5. The van der Waals surface area contributed by atoms with Gasteiger partial charge in [-0.3, -0.25) is 24.0 Å². The minimum atomic E-state index is -1.17. The van der Waals surface area contributed by atoms with E-state index in [2.05, 4.69) is 15.7 Å². The summed E-state index contributed by atoms with van der Waals surface area (Å²) in [6.45, 7) is 3.02. The maximum absolute atomic E-state index is 13.4. The number of piperazine rings is 1. The molecular weight excluding hydrogens is 614 g/mol. The monoisotopic (exact) mass is 653 g/mol. The van der Waals surface area contributed by atoms with Crippen molar-refractivity contribution in [2.75, 3.05) is 52.5 Å². The van der Waals surface area contributed by atoms with Gasteiger partial charge < -0.3 is 39.9 Å². The fourth-order valence-electron chi connectivity index (χ4n) is 5.26. The first-order valence-electron chi connectivity index (χ1n) is 15.7. The Balaban J connectivity index is 1.24. The number of rotatable bonds is 13. The molecule has 2 aromatic rings. The third-order valence-electron chi connectivity index (χ3n) is 8.15. The van der Waals surface area contributed by atoms with Crippen LogP contribution in [0.25, 0.3) is 5.69 Å². The van der Waals surface area contributed by atoms with Gasteiger partial charge in [0.2, 0.25) is 17.7 Å². The zero-order valence-corrected chi connectivity index (χ0v) is 26.1. The van der Waals surface area contributed by atoms with Gasteiger partial charge in [0, 0.05) is 57.8 Å². The van der Waals surface area contributed by atoms with Crippen molar-refractivity contribution in [1.82, 2.24) is 35.1 Å². The van der Waals surface area contributed by atoms with Gasteiger partial charge >= 0.3 is 12.1 Å². The molecule has 1 aromatic carbocycles. The number of carboxylic acid groups (broad SMARTS) is 1. The molecule has 5 amide bonds. The maximum atomic E-state index is 13.4. The largest absolute Gasteiger partial charge is 0.481 e. The van der Waals surface area contributed by atoms with Crippen LogP contribution < -0.4 is 15.4 Å². The molecule has 1 saturated carbocycles. The number of carbonyl (C=O) groups is 6. The number of nitrogens with one attached hydrogen (secondary N) is 2. The molecule has 47 heavy (non-hydrogen) atoms. The first kappa shape index (κ1) is 33.2. The van der Waals surface area contributed by atoms with Crippen LogP contribution in [0.5, 0.6) is 5.88 Å². The van der Waals surface area contributed by atoms with Crippen LogP contribution in [-0.4, -0.2) is 130 Å². The minimum absolute atomic E-state index is 0.0469. The van der Waals surface area contributed by atoms with Crippen molar-refractivity contribution in [1.29, 1.82) is 0 Å². The van der Waals surface area contributed by atoms with Gasteiger partial charge in [-0.2, -0.15) is 5.10 Å². The molecule has 3 fully saturated rings. The van der Waals surface area contributed by atoms with E-state index in [0.29, 0.717) is 18.8 Å². The van der Waals surface area contributed by atoms with Crippen molar-refractivity contribution in [2.45, 2.75) is 44.7 Å². The lowest BCUT2D eigenvalue weighted by atomic mass is 9.99. The Bertz CT molecular complexity index is 1480. The highest BCUT2D eigenvalue weighted by molar-refractivity contribution is 5.96. The molecule has 16 heteroatoms. The SMILES string of the molecule is CCOC(=O)N1CCN(C(=O)C(CCC(=O)O)NC(=O)c2cc(OCC(=O)N3CC(C(=O)NC4CC4)C3)n(-c3ccccc3)n2)CC1. The van der Waals surface area contributed by atoms with Crippen LogP contribution in [0.15, 0.2) is 36.4 Å². The van der Waals surface area contributed by atoms with E-state index in [1.54, 1.807) is 37.3 Å². The van der Waals surface area contributed by atoms with E-state index < -0.39 is 29.9 Å². The number of nitrogens with zero attached hydrogens (tertiary/aromatic N) is 5. The number of ether oxygens (including phenoxy) is 2. The lowest BCUT2D eigenvalue weighted by molar-refractivity contribution is -0.145. The Kier molecular flexibility index (Phi) is 10.6. The van der Waals surface area contributed by atoms with Gasteiger partial charge in [0.1, 0.15) is 6.04 Å². The second-order valence-corrected chi connectivity index (χ2v) is 11.7. The van der Waals surface area contributed by atoms with E-state index in [1.165, 1.54) is 25.4 Å². The van der Waals surface area contributed by atoms with Crippen LogP contribution in [0.4, 0.5) is 4.79 Å². The molecule has 252 valence electrons. The molecule has 1 aliphatic carbocycles. The number of hydrogen-bond acceptors (Lipinski definition) is 9. The van der Waals surface area contributed by atoms with Gasteiger partial charge in [-0.05, 0) is 38.3 Å². The summed E-state index contributed by atoms with van der Waals surface area (Å²) in [7, 11) is 0. The van der Waals surface area contributed by atoms with Crippen LogP contribution in [-0.2, 0) is 23.9 Å². The summed E-state index contributed by atoms with van der Waals surface area (Å²) in [5.74, 6) is -2.87. The van der Waals surface area contributed by atoms with Crippen molar-refractivity contribution < 1.29 is 43.3 Å². The molecule has 2 saturated heterocycles. The summed E-state index contributed by atoms with van der Waals surface area (Å²) < 4.78 is 12.2. The topological polar surface area (TPSA) is 193 Å². The van der Waals surface area contributed by atoms with Gasteiger partial charge in [0.05, 0.1) is 18.2 Å². The highest BCUT2D eigenvalue weighted by atomic mass is 16.6. The molecule has 5 rings (SSSR count). The number of hydrogen-bond donors (Lipinski definition) is 3. The van der Waals surface area contributed by atoms with Crippen LogP contribution in [0.1, 0.15) is 43.1 Å². The quantitative estimate of drug-likeness (QED) is 0.270. The van der Waals surface area contributed by atoms with Crippen molar-refractivity contribution in [3.63, 3.8) is 0 Å². The fraction of sp³-hybridized carbons (Fsp3) is 0.516. The third-order valence-corrected chi connectivity index (χ3v) is 8.15. The summed E-state index contributed by atoms with van der Waals surface area (Å²) in [5.41, 5.74) is 0.435. The Morgan fingerprint density at radius 3 is 2.30 bits per heavy atom. The predicted molar refractivity (Wildman–Crippen MR) is 164 cm³/mol. The van der Waals surface area contributed by atoms with E-state index in [-0.39, 0.29) is 87.6 Å². The number of aromatic nitrogens is 2. The lowest BCUT2D eigenvalue weighted by Crippen LogP contribution is -2.57. The summed E-state index contributed by atoms with van der Waals surface area (Å²) >= 11 is 0. The van der Waals surface area contributed by atoms with Crippen molar-refractivity contribution >= 4 is 35.7 Å². The molecule has 0 spiro atoms. The van der Waals surface area contributed by atoms with E-state index in [1.807, 2.05) is 0 Å². The zero-order chi connectivity index (χ0) is 33.5. The molecule has 3 N–H and O–H groups in total. The normalized spacial score (nSPS) is 16.9. The number of para-hydroxylation sites is 1. The molecule has 1 unspecified atom stereocenters. The van der Waals surface area contributed by atoms with Crippen molar-refractivity contribution in [3.05, 3.63) is 42.1 Å². The smallest absolute Gasteiger partial charge is 0.409 e. The van der Waals surface area contributed by atoms with E-state index >= 15 is 0 Å². The van der Waals surface area contributed by atoms with Gasteiger partial charge in [-0.1, -0.05) is 18.2 Å². The Hall–Kier alpha value is -5.15. The average molecular weight is 654 g/mol. The number of benzene rings is 1. The highest BCUT2D eigenvalue weighted by Gasteiger charge is 2.38. The van der Waals surface area contributed by atoms with Crippen molar-refractivity contribution in [3.8, 4) is 11.6 Å². The first-order chi connectivity index (χ1) is 22.6. The highest BCUT2D eigenvalue weighted by Crippen LogP contribution is 2.23. The fourth-order valence-corrected chi connectivity index (χ4v) is 5.26. The maximum Gasteiger partial charge on any atom is 0.409 e. The van der Waals surface area contributed by atoms with Gasteiger partial charge in [0.25, 0.3) is 11.8 Å². The van der Waals surface area contributed by atoms with Crippen LogP contribution >= 0.6 is 0 Å². The van der Waals surface area contributed by atoms with E-state index in [0.717, 1.165) is 12.8 Å². The molecule has 3 heterocycles. The van der Waals surface area contributed by atoms with Crippen LogP contribution in [0.3, 0.4) is 0 Å². The Morgan fingerprint density at radius 1 is 0.979 bits per heavy atom. The Labute approximate surface area is 270 Å². The van der Waals surface area contributed by atoms with Gasteiger partial charge in [-0.15, -0.1) is 0 Å². The molecule has 1 aromatic heterocycles. The summed E-state index contributed by atoms with van der Waals surface area (Å²) in [6, 6.07) is 9.22. The lowest BCUT2D eigenvalue weighted by Gasteiger charge is -2.38. The molecule has 1 atom stereocenters. The first-order valence-corrected chi connectivity index (χ1v) is 15.7. The number of amides is 5. The molecule has 2 aliphatic heterocycles. The zero-order valence-electron chi connectivity index (χ0n) is 26.1. The van der Waals surface area contributed by atoms with Gasteiger partial charge in [0.15, 0.2) is 12.3 Å². The molecular formula is C31H39N7O9. The number of carboxylic acids is 1. The molecule has 0 radical (unpaired) electrons. The average Bonchev–Trinajstić information content (AvgIpc) is 3.75. The summed E-state index contributed by atoms with van der Waals surface area (Å²) in [4.78, 5) is 79.8. The standard InChI is InChI=1S/C31H39N7O9/c1-2-46-31(45)36-14-12-35(13-15-36)30(44)23(10-11-27(40)41)33-29(43)24-16-26(38(34-24)22-6-4-3-5-7-22)47-19-25(39)37-17-20(18-37)28(42)32-21-8-9-21/h3-7,16,20-21,23H,2,8-15,17-19H2,1H3,(H,32,42)(H,33,43)(H,40,41). The summed E-state index contributed by atoms with van der Waals surface area (Å²) in [6.07, 6.45) is 0.964. The minimum Gasteiger partial charge on any atom is -0.481 e. The second kappa shape index (κ2) is 15.0. The predicted octanol–water partition coefficient (Wildman–Crippen LogP) is 0.252. The molecule has 3 aliphatic rings. The Morgan fingerprint density at radius 2 is 1.66 bits per heavy atom. The number of likely N-dealkylation sites (tertiary alicyclic amines) is 1. The summed E-state index contributed by atoms with van der Waals surface area (Å²) in [5, 5.41) is 19.2. The van der Waals surface area contributed by atoms with E-state index in [9.17, 15) is 33.9 Å². The number of aliphatic carboxylic acids is 1. The molecule has 0 bridgehead atoms. The van der Waals surface area contributed by atoms with Gasteiger partial charge in [-0.25, -0.2) is 9.48 Å². The molecule has 16 nitrogen and oxygen atoms in total. The van der Waals surface area contributed by atoms with E-state index in [4.69, 9.17) is 9.47 Å². The van der Waals surface area contributed by atoms with Crippen LogP contribution in [0.2, 0.25) is 0 Å². The third kappa shape index (κ3) is 8.56.